The number of nitriles is 2. The van der Waals surface area contributed by atoms with Crippen LogP contribution in [-0.2, 0) is 20.7 Å². The zero-order valence-electron chi connectivity index (χ0n) is 25.1. The van der Waals surface area contributed by atoms with Crippen molar-refractivity contribution in [3.05, 3.63) is 52.6 Å². The molecule has 42 heavy (non-hydrogen) atoms. The summed E-state index contributed by atoms with van der Waals surface area (Å²) in [6, 6.07) is 14.1. The zero-order chi connectivity index (χ0) is 30.7. The first-order chi connectivity index (χ1) is 20.1. The molecule has 0 bridgehead atoms. The van der Waals surface area contributed by atoms with Crippen molar-refractivity contribution in [2.75, 3.05) is 24.5 Å². The Morgan fingerprint density at radius 3 is 2.36 bits per heavy atom. The Hall–Kier alpha value is -3.60. The number of nitrogens with one attached hydrogen (secondary N) is 1. The normalized spacial score (nSPS) is 14.6. The van der Waals surface area contributed by atoms with Gasteiger partial charge in [0, 0.05) is 25.6 Å². The van der Waals surface area contributed by atoms with Gasteiger partial charge in [0.1, 0.15) is 33.8 Å². The molecule has 1 saturated heterocycles. The number of esters is 1. The van der Waals surface area contributed by atoms with E-state index in [0.29, 0.717) is 46.4 Å². The Morgan fingerprint density at radius 1 is 1.12 bits per heavy atom. The van der Waals surface area contributed by atoms with E-state index in [1.54, 1.807) is 0 Å². The zero-order valence-corrected chi connectivity index (χ0v) is 25.9. The van der Waals surface area contributed by atoms with E-state index in [0.717, 1.165) is 69.1 Å². The lowest BCUT2D eigenvalue weighted by Gasteiger charge is -2.34. The third kappa shape index (κ3) is 9.20. The molecule has 0 spiro atoms. The summed E-state index contributed by atoms with van der Waals surface area (Å²) in [6.07, 6.45) is 5.48. The molecule has 3 rings (SSSR count). The van der Waals surface area contributed by atoms with Gasteiger partial charge in [-0.3, -0.25) is 9.59 Å². The van der Waals surface area contributed by atoms with Crippen LogP contribution >= 0.6 is 11.8 Å². The second kappa shape index (κ2) is 15.6. The Kier molecular flexibility index (Phi) is 12.2. The van der Waals surface area contributed by atoms with Crippen LogP contribution in [0.4, 0.5) is 5.82 Å². The average molecular weight is 591 g/mol. The van der Waals surface area contributed by atoms with Gasteiger partial charge in [0.2, 0.25) is 5.91 Å². The first-order valence-electron chi connectivity index (χ1n) is 14.7. The maximum Gasteiger partial charge on any atom is 0.306 e. The van der Waals surface area contributed by atoms with Gasteiger partial charge in [0.05, 0.1) is 11.1 Å². The molecule has 1 aromatic carbocycles. The van der Waals surface area contributed by atoms with E-state index in [4.69, 9.17) is 15.5 Å². The number of carbonyl (C=O) groups is 2. The fraction of sp³-hybridized carbons (Fsp3) is 0.531. The van der Waals surface area contributed by atoms with Crippen LogP contribution in [0.3, 0.4) is 0 Å². The molecule has 1 fully saturated rings. The van der Waals surface area contributed by atoms with E-state index < -0.39 is 16.8 Å². The van der Waals surface area contributed by atoms with Crippen LogP contribution in [0.5, 0.6) is 0 Å². The lowest BCUT2D eigenvalue weighted by molar-refractivity contribution is -0.154. The molecule has 1 aromatic heterocycles. The summed E-state index contributed by atoms with van der Waals surface area (Å²) >= 11 is 1.16. The molecule has 1 amide bonds. The molecule has 9 nitrogen and oxygen atoms in total. The number of primary amides is 1. The second-order valence-corrected chi connectivity index (χ2v) is 12.6. The number of anilines is 1. The lowest BCUT2D eigenvalue weighted by atomic mass is 10.00. The van der Waals surface area contributed by atoms with Crippen LogP contribution in [-0.4, -0.2) is 48.1 Å². The van der Waals surface area contributed by atoms with Crippen molar-refractivity contribution in [1.29, 1.82) is 10.5 Å². The smallest absolute Gasteiger partial charge is 0.306 e. The van der Waals surface area contributed by atoms with E-state index in [1.165, 1.54) is 0 Å². The van der Waals surface area contributed by atoms with E-state index in [-0.39, 0.29) is 5.97 Å². The van der Waals surface area contributed by atoms with Gasteiger partial charge in [-0.2, -0.15) is 10.5 Å². The van der Waals surface area contributed by atoms with Gasteiger partial charge in [0.15, 0.2) is 0 Å². The van der Waals surface area contributed by atoms with E-state index in [2.05, 4.69) is 22.4 Å². The number of benzene rings is 1. The first-order valence-corrected chi connectivity index (χ1v) is 15.5. The van der Waals surface area contributed by atoms with Gasteiger partial charge < -0.3 is 20.7 Å². The Balaban J connectivity index is 1.64. The number of pyridine rings is 1. The van der Waals surface area contributed by atoms with Crippen molar-refractivity contribution >= 4 is 29.5 Å². The number of amides is 1. The van der Waals surface area contributed by atoms with Crippen LogP contribution in [0.25, 0.3) is 0 Å². The molecular formula is C32H42N6O3S. The van der Waals surface area contributed by atoms with Crippen molar-refractivity contribution in [2.24, 2.45) is 5.73 Å². The summed E-state index contributed by atoms with van der Waals surface area (Å²) in [6.45, 7) is 9.87. The number of thioether (sulfide) groups is 1. The first kappa shape index (κ1) is 32.9. The second-order valence-electron chi connectivity index (χ2n) is 11.5. The Labute approximate surface area is 253 Å². The minimum atomic E-state index is -0.713. The maximum atomic E-state index is 12.4. The van der Waals surface area contributed by atoms with Crippen LogP contribution < -0.4 is 16.0 Å². The molecule has 0 radical (unpaired) electrons. The van der Waals surface area contributed by atoms with Gasteiger partial charge in [-0.05, 0) is 70.5 Å². The summed E-state index contributed by atoms with van der Waals surface area (Å²) < 4.78 is 5.36. The third-order valence-corrected chi connectivity index (χ3v) is 8.38. The standard InChI is InChI=1S/C32H42N6O3S/c1-5-24-25(20-33)30(37-31(26(24)21-34)42-28(29(35)40)22-12-8-6-9-13-22)38-18-15-23(16-19-38)36-17-11-7-10-14-27(39)41-32(2,3)4/h6,8-9,12-13,23,28,36H,5,7,10-11,14-19H2,1-4H3,(H2,35,40). The van der Waals surface area contributed by atoms with Gasteiger partial charge >= 0.3 is 5.97 Å². The fourth-order valence-corrected chi connectivity index (χ4v) is 6.15. The predicted molar refractivity (Wildman–Crippen MR) is 165 cm³/mol. The van der Waals surface area contributed by atoms with E-state index >= 15 is 0 Å². The van der Waals surface area contributed by atoms with E-state index in [9.17, 15) is 20.1 Å². The van der Waals surface area contributed by atoms with E-state index in [1.807, 2.05) is 58.0 Å². The third-order valence-electron chi connectivity index (χ3n) is 7.12. The highest BCUT2D eigenvalue weighted by Gasteiger charge is 2.29. The Bertz CT molecular complexity index is 1300. The largest absolute Gasteiger partial charge is 0.460 e. The highest BCUT2D eigenvalue weighted by molar-refractivity contribution is 8.00. The monoisotopic (exact) mass is 590 g/mol. The number of aromatic nitrogens is 1. The number of piperidine rings is 1. The molecule has 1 aliphatic heterocycles. The van der Waals surface area contributed by atoms with Crippen molar-refractivity contribution in [2.45, 2.75) is 94.6 Å². The molecule has 2 aromatic rings. The highest BCUT2D eigenvalue weighted by atomic mass is 32.2. The van der Waals surface area contributed by atoms with Gasteiger partial charge in [-0.25, -0.2) is 4.98 Å². The quantitative estimate of drug-likeness (QED) is 0.183. The molecule has 3 N–H and O–H groups in total. The minimum absolute atomic E-state index is 0.144. The molecule has 10 heteroatoms. The summed E-state index contributed by atoms with van der Waals surface area (Å²) in [4.78, 5) is 31.2. The maximum absolute atomic E-state index is 12.4. The molecular weight excluding hydrogens is 548 g/mol. The molecule has 2 heterocycles. The number of hydrogen-bond donors (Lipinski definition) is 2. The minimum Gasteiger partial charge on any atom is -0.460 e. The number of carbonyl (C=O) groups excluding carboxylic acids is 2. The lowest BCUT2D eigenvalue weighted by Crippen LogP contribution is -2.43. The van der Waals surface area contributed by atoms with Crippen LogP contribution in [0.2, 0.25) is 0 Å². The van der Waals surface area contributed by atoms with Crippen molar-refractivity contribution in [3.63, 3.8) is 0 Å². The molecule has 1 atom stereocenters. The SMILES string of the molecule is CCc1c(C#N)c(SC(C(N)=O)c2ccccc2)nc(N2CCC(NCCCCCC(=O)OC(C)(C)C)CC2)c1C#N. The summed E-state index contributed by atoms with van der Waals surface area (Å²) in [7, 11) is 0. The Morgan fingerprint density at radius 2 is 1.79 bits per heavy atom. The average Bonchev–Trinajstić information content (AvgIpc) is 2.96. The van der Waals surface area contributed by atoms with Crippen molar-refractivity contribution in [3.8, 4) is 12.1 Å². The van der Waals surface area contributed by atoms with Crippen LogP contribution in [0.15, 0.2) is 35.4 Å². The fourth-order valence-electron chi connectivity index (χ4n) is 5.09. The van der Waals surface area contributed by atoms with Gasteiger partial charge in [-0.15, -0.1) is 0 Å². The van der Waals surface area contributed by atoms with Crippen LogP contribution in [0, 0.1) is 22.7 Å². The summed E-state index contributed by atoms with van der Waals surface area (Å²) in [5.41, 5.74) is 7.46. The summed E-state index contributed by atoms with van der Waals surface area (Å²) in [5, 5.41) is 23.5. The molecule has 224 valence electrons. The molecule has 1 aliphatic rings. The number of nitrogens with two attached hydrogens (primary N) is 1. The highest BCUT2D eigenvalue weighted by Crippen LogP contribution is 2.39. The van der Waals surface area contributed by atoms with Gasteiger partial charge in [0.25, 0.3) is 0 Å². The number of nitrogens with zero attached hydrogens (tertiary/aromatic N) is 4. The summed E-state index contributed by atoms with van der Waals surface area (Å²) in [5.74, 6) is -0.0979. The number of unbranched alkanes of at least 4 members (excludes halogenated alkanes) is 2. The van der Waals surface area contributed by atoms with Gasteiger partial charge in [-0.1, -0.05) is 55.4 Å². The van der Waals surface area contributed by atoms with Crippen molar-refractivity contribution in [1.82, 2.24) is 10.3 Å². The number of rotatable bonds is 13. The van der Waals surface area contributed by atoms with Crippen LogP contribution in [0.1, 0.15) is 93.7 Å². The predicted octanol–water partition coefficient (Wildman–Crippen LogP) is 5.17. The molecule has 0 aliphatic carbocycles. The van der Waals surface area contributed by atoms with Crippen molar-refractivity contribution < 1.29 is 14.3 Å². The topological polar surface area (TPSA) is 145 Å². The number of hydrogen-bond acceptors (Lipinski definition) is 9. The molecule has 0 saturated carbocycles. The molecule has 1 unspecified atom stereocenters. The number of ether oxygens (including phenoxy) is 1.